The second kappa shape index (κ2) is 8.41. The molecule has 0 unspecified atom stereocenters. The Kier molecular flexibility index (Phi) is 6.13. The molecule has 0 fully saturated rings. The van der Waals surface area contributed by atoms with E-state index in [9.17, 15) is 21.6 Å². The minimum absolute atomic E-state index is 0.000254. The highest BCUT2D eigenvalue weighted by Crippen LogP contribution is 2.10. The van der Waals surface area contributed by atoms with Gasteiger partial charge in [0.25, 0.3) is 5.56 Å². The molecule has 0 saturated carbocycles. The second-order valence-electron chi connectivity index (χ2n) is 6.39. The van der Waals surface area contributed by atoms with Gasteiger partial charge in [0.05, 0.1) is 27.9 Å². The van der Waals surface area contributed by atoms with Gasteiger partial charge in [-0.25, -0.2) is 31.7 Å². The maximum Gasteiger partial charge on any atom is 0.269 e. The van der Waals surface area contributed by atoms with Gasteiger partial charge in [0.1, 0.15) is 0 Å². The monoisotopic (exact) mass is 436 g/mol. The summed E-state index contributed by atoms with van der Waals surface area (Å²) in [4.78, 5) is 16.1. The topological polar surface area (TPSA) is 141 Å². The molecule has 0 aliphatic heterocycles. The van der Waals surface area contributed by atoms with Crippen LogP contribution in [0.3, 0.4) is 0 Å². The summed E-state index contributed by atoms with van der Waals surface area (Å²) in [7, 11) is -7.37. The van der Waals surface area contributed by atoms with E-state index in [4.69, 9.17) is 5.14 Å². The lowest BCUT2D eigenvalue weighted by Crippen LogP contribution is -2.32. The Morgan fingerprint density at radius 3 is 2.38 bits per heavy atom. The SMILES string of the molecule is NS(=O)(=O)c1ccc(CCNS(=O)(=O)CCn2c(=O)cnc3ccccc32)cc1. The third kappa shape index (κ3) is 5.48. The summed E-state index contributed by atoms with van der Waals surface area (Å²) in [5.74, 6) is -0.259. The molecular weight excluding hydrogens is 416 g/mol. The van der Waals surface area contributed by atoms with Crippen molar-refractivity contribution >= 4 is 31.1 Å². The van der Waals surface area contributed by atoms with Crippen LogP contribution in [0.1, 0.15) is 5.56 Å². The number of nitrogens with two attached hydrogens (primary N) is 1. The maximum atomic E-state index is 12.3. The first-order chi connectivity index (χ1) is 13.7. The Balaban J connectivity index is 1.60. The first-order valence-corrected chi connectivity index (χ1v) is 11.9. The molecule has 1 aromatic heterocycles. The van der Waals surface area contributed by atoms with Crippen LogP contribution in [0.5, 0.6) is 0 Å². The number of primary sulfonamides is 1. The van der Waals surface area contributed by atoms with Crippen LogP contribution in [0.2, 0.25) is 0 Å². The number of hydrogen-bond acceptors (Lipinski definition) is 6. The van der Waals surface area contributed by atoms with E-state index in [2.05, 4.69) is 9.71 Å². The Labute approximate surface area is 168 Å². The standard InChI is InChI=1S/C18H20N4O5S2/c19-29(26,27)15-7-5-14(6-8-15)9-10-21-28(24,25)12-11-22-17-4-2-1-3-16(17)20-13-18(22)23/h1-8,13,21H,9-12H2,(H2,19,26,27). The van der Waals surface area contributed by atoms with Crippen molar-refractivity contribution < 1.29 is 16.8 Å². The quantitative estimate of drug-likeness (QED) is 0.517. The van der Waals surface area contributed by atoms with Crippen molar-refractivity contribution in [3.63, 3.8) is 0 Å². The van der Waals surface area contributed by atoms with Gasteiger partial charge in [-0.05, 0) is 36.2 Å². The summed E-state index contributed by atoms with van der Waals surface area (Å²) in [5, 5.41) is 5.04. The van der Waals surface area contributed by atoms with Gasteiger partial charge in [-0.2, -0.15) is 0 Å². The molecule has 0 saturated heterocycles. The van der Waals surface area contributed by atoms with Gasteiger partial charge in [0.2, 0.25) is 20.0 Å². The van der Waals surface area contributed by atoms with Gasteiger partial charge in [-0.1, -0.05) is 24.3 Å². The first kappa shape index (κ1) is 21.1. The van der Waals surface area contributed by atoms with Gasteiger partial charge in [0, 0.05) is 13.1 Å². The number of fused-ring (bicyclic) bond motifs is 1. The largest absolute Gasteiger partial charge is 0.304 e. The Morgan fingerprint density at radius 1 is 1.00 bits per heavy atom. The van der Waals surface area contributed by atoms with Crippen LogP contribution < -0.4 is 15.4 Å². The molecule has 0 spiro atoms. The fraction of sp³-hybridized carbons (Fsp3) is 0.222. The van der Waals surface area contributed by atoms with Gasteiger partial charge < -0.3 is 4.57 Å². The molecule has 0 aliphatic carbocycles. The summed E-state index contributed by atoms with van der Waals surface area (Å²) < 4.78 is 50.9. The highest BCUT2D eigenvalue weighted by molar-refractivity contribution is 7.89. The summed E-state index contributed by atoms with van der Waals surface area (Å²) in [6.45, 7) is 0.142. The molecule has 0 bridgehead atoms. The van der Waals surface area contributed by atoms with Gasteiger partial charge in [-0.15, -0.1) is 0 Å². The number of rotatable bonds is 8. The average molecular weight is 437 g/mol. The van der Waals surface area contributed by atoms with E-state index in [1.54, 1.807) is 36.4 Å². The molecule has 1 heterocycles. The van der Waals surface area contributed by atoms with Crippen molar-refractivity contribution in [3.8, 4) is 0 Å². The average Bonchev–Trinajstić information content (AvgIpc) is 2.67. The second-order valence-corrected chi connectivity index (χ2v) is 9.88. The van der Waals surface area contributed by atoms with E-state index in [0.29, 0.717) is 17.5 Å². The molecule has 11 heteroatoms. The lowest BCUT2D eigenvalue weighted by molar-refractivity contribution is 0.574. The fourth-order valence-electron chi connectivity index (χ4n) is 2.83. The summed E-state index contributed by atoms with van der Waals surface area (Å²) in [6.07, 6.45) is 1.55. The fourth-order valence-corrected chi connectivity index (χ4v) is 4.32. The lowest BCUT2D eigenvalue weighted by atomic mass is 10.2. The lowest BCUT2D eigenvalue weighted by Gasteiger charge is -2.11. The number of aromatic nitrogens is 2. The highest BCUT2D eigenvalue weighted by Gasteiger charge is 2.13. The number of hydrogen-bond donors (Lipinski definition) is 2. The van der Waals surface area contributed by atoms with Crippen LogP contribution in [-0.2, 0) is 33.0 Å². The Morgan fingerprint density at radius 2 is 1.69 bits per heavy atom. The molecule has 0 aliphatic rings. The van der Waals surface area contributed by atoms with E-state index >= 15 is 0 Å². The first-order valence-electron chi connectivity index (χ1n) is 8.69. The molecule has 0 radical (unpaired) electrons. The van der Waals surface area contributed by atoms with E-state index in [1.807, 2.05) is 0 Å². The van der Waals surface area contributed by atoms with E-state index in [-0.39, 0.29) is 29.3 Å². The summed E-state index contributed by atoms with van der Waals surface area (Å²) in [5.41, 5.74) is 1.58. The zero-order valence-corrected chi connectivity index (χ0v) is 17.0. The van der Waals surface area contributed by atoms with Crippen molar-refractivity contribution in [1.29, 1.82) is 0 Å². The predicted octanol–water partition coefficient (Wildman–Crippen LogP) is 0.206. The molecule has 29 heavy (non-hydrogen) atoms. The van der Waals surface area contributed by atoms with Crippen LogP contribution in [0.25, 0.3) is 11.0 Å². The molecule has 3 aromatic rings. The smallest absolute Gasteiger partial charge is 0.269 e. The zero-order chi connectivity index (χ0) is 21.1. The van der Waals surface area contributed by atoms with Crippen molar-refractivity contribution in [2.45, 2.75) is 17.9 Å². The number of sulfonamides is 2. The number of aryl methyl sites for hydroxylation is 1. The van der Waals surface area contributed by atoms with Crippen molar-refractivity contribution in [2.24, 2.45) is 5.14 Å². The highest BCUT2D eigenvalue weighted by atomic mass is 32.2. The third-order valence-electron chi connectivity index (χ3n) is 4.32. The third-order valence-corrected chi connectivity index (χ3v) is 6.62. The van der Waals surface area contributed by atoms with Gasteiger partial charge in [0.15, 0.2) is 0 Å². The molecule has 3 N–H and O–H groups in total. The molecular formula is C18H20N4O5S2. The minimum atomic E-state index is -3.76. The summed E-state index contributed by atoms with van der Waals surface area (Å²) >= 11 is 0. The molecule has 0 atom stereocenters. The Bertz CT molecular complexity index is 1280. The molecule has 154 valence electrons. The molecule has 3 rings (SSSR count). The van der Waals surface area contributed by atoms with Crippen molar-refractivity contribution in [1.82, 2.24) is 14.3 Å². The number of nitrogens with one attached hydrogen (secondary N) is 1. The van der Waals surface area contributed by atoms with E-state index in [0.717, 1.165) is 5.56 Å². The van der Waals surface area contributed by atoms with E-state index in [1.165, 1.54) is 22.9 Å². The molecule has 2 aromatic carbocycles. The van der Waals surface area contributed by atoms with Crippen molar-refractivity contribution in [3.05, 3.63) is 70.6 Å². The van der Waals surface area contributed by atoms with E-state index < -0.39 is 20.0 Å². The molecule has 0 amide bonds. The minimum Gasteiger partial charge on any atom is -0.304 e. The predicted molar refractivity (Wildman–Crippen MR) is 109 cm³/mol. The van der Waals surface area contributed by atoms with Crippen LogP contribution in [0, 0.1) is 0 Å². The molecule has 9 nitrogen and oxygen atoms in total. The van der Waals surface area contributed by atoms with Crippen LogP contribution in [-0.4, -0.2) is 38.7 Å². The van der Waals surface area contributed by atoms with Gasteiger partial charge in [-0.3, -0.25) is 4.79 Å². The number of para-hydroxylation sites is 2. The van der Waals surface area contributed by atoms with Crippen molar-refractivity contribution in [2.75, 3.05) is 12.3 Å². The van der Waals surface area contributed by atoms with Gasteiger partial charge >= 0.3 is 0 Å². The number of nitrogens with zero attached hydrogens (tertiary/aromatic N) is 2. The maximum absolute atomic E-state index is 12.3. The van der Waals surface area contributed by atoms with Crippen LogP contribution in [0.4, 0.5) is 0 Å². The number of benzene rings is 2. The Hall–Kier alpha value is -2.60. The summed E-state index contributed by atoms with van der Waals surface area (Å²) in [6, 6.07) is 12.9. The van der Waals surface area contributed by atoms with Crippen LogP contribution >= 0.6 is 0 Å². The zero-order valence-electron chi connectivity index (χ0n) is 15.4. The normalized spacial score (nSPS) is 12.3. The van der Waals surface area contributed by atoms with Crippen LogP contribution in [0.15, 0.2) is 64.4 Å².